The minimum absolute atomic E-state index is 0.377. The maximum atomic E-state index is 5.31. The molecule has 0 aromatic carbocycles. The second kappa shape index (κ2) is 4.35. The van der Waals surface area contributed by atoms with E-state index in [1.165, 1.54) is 0 Å². The van der Waals surface area contributed by atoms with Crippen molar-refractivity contribution in [2.24, 2.45) is 5.92 Å². The third kappa shape index (κ3) is 1.94. The van der Waals surface area contributed by atoms with Crippen molar-refractivity contribution in [3.8, 4) is 6.57 Å². The molecule has 0 aliphatic heterocycles. The minimum atomic E-state index is -0.464. The fraction of sp³-hybridized carbons (Fsp3) is 0.889. The van der Waals surface area contributed by atoms with Gasteiger partial charge in [0.2, 0.25) is 0 Å². The molecule has 11 heavy (non-hydrogen) atoms. The van der Waals surface area contributed by atoms with Crippen LogP contribution < -0.4 is 0 Å². The Morgan fingerprint density at radius 3 is 2.18 bits per heavy atom. The van der Waals surface area contributed by atoms with Crippen molar-refractivity contribution >= 4 is 0 Å². The Morgan fingerprint density at radius 2 is 2.09 bits per heavy atom. The minimum Gasteiger partial charge on any atom is -0.308 e. The monoisotopic (exact) mass is 156 g/mol. The maximum Gasteiger partial charge on any atom is 0.386 e. The molecule has 0 N–H and O–H groups in total. The number of nitrogens with zero attached hydrogens (tertiary/aromatic N) is 1. The Bertz CT molecular complexity index is 144. The van der Waals surface area contributed by atoms with Crippen LogP contribution in [0.3, 0.4) is 0 Å². The topological polar surface area (TPSA) is 13.6 Å². The molecule has 0 amide bonds. The largest absolute Gasteiger partial charge is 0.386 e. The van der Waals surface area contributed by atoms with Gasteiger partial charge in [-0.05, 0) is 11.3 Å². The number of rotatable bonds is 4. The smallest absolute Gasteiger partial charge is 0.308 e. The van der Waals surface area contributed by atoms with Gasteiger partial charge in [0.15, 0.2) is 0 Å². The third-order valence-corrected chi connectivity index (χ3v) is 2.46. The second-order valence-corrected chi connectivity index (χ2v) is 2.84. The highest BCUT2D eigenvalue weighted by Gasteiger charge is 2.43. The summed E-state index contributed by atoms with van der Waals surface area (Å²) in [6, 6.07) is 0. The Kier molecular flexibility index (Phi) is 4.14. The maximum absolute atomic E-state index is 5.31. The molecule has 0 saturated carbocycles. The van der Waals surface area contributed by atoms with Crippen LogP contribution in [0.2, 0.25) is 0 Å². The van der Waals surface area contributed by atoms with E-state index in [0.29, 0.717) is 5.92 Å². The zero-order valence-electron chi connectivity index (χ0n) is 7.92. The Hall–Kier alpha value is -0.550. The lowest BCUT2D eigenvalue weighted by Gasteiger charge is -2.19. The molecule has 2 heteroatoms. The third-order valence-electron chi connectivity index (χ3n) is 2.46. The number of methoxy groups -OCH3 is 1. The van der Waals surface area contributed by atoms with Crippen LogP contribution in [-0.2, 0) is 4.74 Å². The standard InChI is InChI=1S/C9H18NO/c1-6-8(3)9(7-2,10-4)11-5/h4,8H,6-7H2,1-3,5H3/q+1. The SMILES string of the molecule is C#[N+]C(CC)(OC)C(C)CC. The summed E-state index contributed by atoms with van der Waals surface area (Å²) < 4.78 is 5.30. The molecule has 2 atom stereocenters. The van der Waals surface area contributed by atoms with E-state index in [2.05, 4.69) is 18.7 Å². The van der Waals surface area contributed by atoms with E-state index in [1.807, 2.05) is 6.92 Å². The van der Waals surface area contributed by atoms with Gasteiger partial charge in [0.05, 0.1) is 12.3 Å². The zero-order chi connectivity index (χ0) is 8.91. The predicted octanol–water partition coefficient (Wildman–Crippen LogP) is 2.75. The summed E-state index contributed by atoms with van der Waals surface area (Å²) in [5.41, 5.74) is -0.464. The van der Waals surface area contributed by atoms with Gasteiger partial charge < -0.3 is 4.74 Å². The normalized spacial score (nSPS) is 18.5. The fourth-order valence-corrected chi connectivity index (χ4v) is 1.28. The van der Waals surface area contributed by atoms with Gasteiger partial charge in [0.25, 0.3) is 6.57 Å². The molecule has 0 saturated heterocycles. The van der Waals surface area contributed by atoms with Crippen molar-refractivity contribution in [1.82, 2.24) is 0 Å². The van der Waals surface area contributed by atoms with Gasteiger partial charge in [-0.25, -0.2) is 0 Å². The molecule has 2 nitrogen and oxygen atoms in total. The van der Waals surface area contributed by atoms with Crippen LogP contribution >= 0.6 is 0 Å². The summed E-state index contributed by atoms with van der Waals surface area (Å²) in [5, 5.41) is 0. The highest BCUT2D eigenvalue weighted by atomic mass is 16.5. The molecule has 0 fully saturated rings. The Labute approximate surface area is 69.4 Å². The van der Waals surface area contributed by atoms with Crippen LogP contribution in [0.25, 0.3) is 4.85 Å². The highest BCUT2D eigenvalue weighted by Crippen LogP contribution is 2.28. The van der Waals surface area contributed by atoms with Crippen LogP contribution in [-0.4, -0.2) is 12.8 Å². The van der Waals surface area contributed by atoms with E-state index in [4.69, 9.17) is 11.3 Å². The molecule has 0 aliphatic carbocycles. The van der Waals surface area contributed by atoms with E-state index in [1.54, 1.807) is 7.11 Å². The molecule has 0 bridgehead atoms. The molecule has 0 aromatic heterocycles. The molecule has 0 aliphatic rings. The summed E-state index contributed by atoms with van der Waals surface area (Å²) in [4.78, 5) is 3.81. The summed E-state index contributed by atoms with van der Waals surface area (Å²) >= 11 is 0. The van der Waals surface area contributed by atoms with Crippen LogP contribution in [0.15, 0.2) is 0 Å². The summed E-state index contributed by atoms with van der Waals surface area (Å²) in [6.07, 6.45) is 1.86. The molecular formula is C9H18NO+. The van der Waals surface area contributed by atoms with E-state index in [-0.39, 0.29) is 0 Å². The van der Waals surface area contributed by atoms with Gasteiger partial charge in [-0.2, -0.15) is 0 Å². The molecular weight excluding hydrogens is 138 g/mol. The Balaban J connectivity index is 4.43. The summed E-state index contributed by atoms with van der Waals surface area (Å²) in [5.74, 6) is 0.377. The van der Waals surface area contributed by atoms with Crippen LogP contribution in [0.1, 0.15) is 33.6 Å². The van der Waals surface area contributed by atoms with Gasteiger partial charge >= 0.3 is 5.72 Å². The molecule has 2 unspecified atom stereocenters. The zero-order valence-corrected chi connectivity index (χ0v) is 7.92. The first kappa shape index (κ1) is 10.4. The highest BCUT2D eigenvalue weighted by molar-refractivity contribution is 4.94. The predicted molar refractivity (Wildman–Crippen MR) is 47.8 cm³/mol. The van der Waals surface area contributed by atoms with Crippen LogP contribution in [0, 0.1) is 12.5 Å². The van der Waals surface area contributed by atoms with Crippen molar-refractivity contribution in [3.05, 3.63) is 4.85 Å². The van der Waals surface area contributed by atoms with E-state index >= 15 is 0 Å². The van der Waals surface area contributed by atoms with E-state index in [0.717, 1.165) is 12.8 Å². The lowest BCUT2D eigenvalue weighted by Crippen LogP contribution is -2.33. The molecule has 0 rings (SSSR count). The molecule has 0 spiro atoms. The first-order chi connectivity index (χ1) is 5.16. The second-order valence-electron chi connectivity index (χ2n) is 2.84. The molecule has 0 radical (unpaired) electrons. The van der Waals surface area contributed by atoms with Crippen LogP contribution in [0.4, 0.5) is 0 Å². The number of hydrogen-bond acceptors (Lipinski definition) is 1. The average molecular weight is 156 g/mol. The molecule has 0 aromatic rings. The average Bonchev–Trinajstić information content (AvgIpc) is 2.08. The van der Waals surface area contributed by atoms with E-state index in [9.17, 15) is 0 Å². The van der Waals surface area contributed by atoms with Gasteiger partial charge in [0, 0.05) is 7.11 Å². The van der Waals surface area contributed by atoms with E-state index < -0.39 is 5.72 Å². The lowest BCUT2D eigenvalue weighted by atomic mass is 9.93. The van der Waals surface area contributed by atoms with Crippen molar-refractivity contribution in [3.63, 3.8) is 0 Å². The Morgan fingerprint density at radius 1 is 1.55 bits per heavy atom. The van der Waals surface area contributed by atoms with Gasteiger partial charge in [-0.15, -0.1) is 0 Å². The van der Waals surface area contributed by atoms with Crippen LogP contribution in [0.5, 0.6) is 0 Å². The summed E-state index contributed by atoms with van der Waals surface area (Å²) in [6.45, 7) is 11.5. The first-order valence-corrected chi connectivity index (χ1v) is 4.14. The lowest BCUT2D eigenvalue weighted by molar-refractivity contribution is -0.0181. The van der Waals surface area contributed by atoms with Crippen molar-refractivity contribution < 1.29 is 4.74 Å². The van der Waals surface area contributed by atoms with Gasteiger partial charge in [-0.1, -0.05) is 20.8 Å². The van der Waals surface area contributed by atoms with Crippen molar-refractivity contribution in [1.29, 1.82) is 0 Å². The fourth-order valence-electron chi connectivity index (χ4n) is 1.28. The van der Waals surface area contributed by atoms with Gasteiger partial charge in [-0.3, -0.25) is 0 Å². The van der Waals surface area contributed by atoms with Crippen molar-refractivity contribution in [2.75, 3.05) is 7.11 Å². The first-order valence-electron chi connectivity index (χ1n) is 4.14. The number of hydrogen-bond donors (Lipinski definition) is 0. The molecule has 64 valence electrons. The van der Waals surface area contributed by atoms with Crippen molar-refractivity contribution in [2.45, 2.75) is 39.3 Å². The summed E-state index contributed by atoms with van der Waals surface area (Å²) in [7, 11) is 1.66. The van der Waals surface area contributed by atoms with Gasteiger partial charge in [0.1, 0.15) is 0 Å². The number of ether oxygens (including phenoxy) is 1. The quantitative estimate of drug-likeness (QED) is 0.610. The molecule has 0 heterocycles.